The number of carbonyl (C=O) groups excluding carboxylic acids is 1. The Hall–Kier alpha value is -2.59. The molecule has 1 aromatic heterocycles. The van der Waals surface area contributed by atoms with Gasteiger partial charge in [0, 0.05) is 29.8 Å². The van der Waals surface area contributed by atoms with Crippen molar-refractivity contribution in [3.8, 4) is 0 Å². The molecule has 0 spiro atoms. The quantitative estimate of drug-likeness (QED) is 0.715. The smallest absolute Gasteiger partial charge is 0.229 e. The topological polar surface area (TPSA) is 32.3 Å². The summed E-state index contributed by atoms with van der Waals surface area (Å²) in [5.74, 6) is 0.0165. The minimum Gasteiger partial charge on any atom is -0.370 e. The zero-order valence-electron chi connectivity index (χ0n) is 13.6. The third-order valence-corrected chi connectivity index (χ3v) is 4.65. The maximum atomic E-state index is 12.0. The number of nitrogens with one attached hydrogen (secondary N) is 1. The van der Waals surface area contributed by atoms with Gasteiger partial charge < -0.3 is 10.2 Å². The van der Waals surface area contributed by atoms with Gasteiger partial charge in [0.2, 0.25) is 5.91 Å². The van der Waals surface area contributed by atoms with E-state index in [4.69, 9.17) is 0 Å². The second-order valence-corrected chi connectivity index (χ2v) is 6.73. The van der Waals surface area contributed by atoms with E-state index in [1.807, 2.05) is 47.8 Å². The molecule has 0 atom stereocenters. The van der Waals surface area contributed by atoms with E-state index >= 15 is 0 Å². The van der Waals surface area contributed by atoms with Crippen LogP contribution < -0.4 is 10.2 Å². The molecule has 4 heteroatoms. The molecule has 1 heterocycles. The Morgan fingerprint density at radius 1 is 1.00 bits per heavy atom. The van der Waals surface area contributed by atoms with Crippen molar-refractivity contribution in [1.29, 1.82) is 0 Å². The Balaban J connectivity index is 1.57. The summed E-state index contributed by atoms with van der Waals surface area (Å²) in [6.07, 6.45) is 0.424. The summed E-state index contributed by atoms with van der Waals surface area (Å²) in [4.78, 5) is 15.3. The summed E-state index contributed by atoms with van der Waals surface area (Å²) in [5.41, 5.74) is 3.22. The van der Waals surface area contributed by atoms with E-state index in [0.717, 1.165) is 22.8 Å². The second-order valence-electron chi connectivity index (χ2n) is 5.69. The fourth-order valence-electron chi connectivity index (χ4n) is 2.52. The number of anilines is 2. The van der Waals surface area contributed by atoms with Crippen LogP contribution in [0.4, 0.5) is 11.4 Å². The van der Waals surface area contributed by atoms with Crippen LogP contribution in [-0.2, 0) is 17.8 Å². The summed E-state index contributed by atoms with van der Waals surface area (Å²) in [6.45, 7) is 0.852. The predicted octanol–water partition coefficient (Wildman–Crippen LogP) is 4.57. The molecule has 24 heavy (non-hydrogen) atoms. The first kappa shape index (κ1) is 16.3. The van der Waals surface area contributed by atoms with Gasteiger partial charge in [-0.15, -0.1) is 11.3 Å². The monoisotopic (exact) mass is 336 g/mol. The first-order valence-electron chi connectivity index (χ1n) is 7.88. The van der Waals surface area contributed by atoms with Crippen LogP contribution in [0.25, 0.3) is 0 Å². The average molecular weight is 336 g/mol. The van der Waals surface area contributed by atoms with E-state index in [2.05, 4.69) is 41.5 Å². The standard InChI is InChI=1S/C20H20N2OS/c1-22(15-16-6-3-2-4-7-16)18-11-9-17(10-12-18)21-20(23)14-19-8-5-13-24-19/h2-13H,14-15H2,1H3,(H,21,23). The summed E-state index contributed by atoms with van der Waals surface area (Å²) in [6, 6.07) is 22.3. The van der Waals surface area contributed by atoms with E-state index in [0.29, 0.717) is 6.42 Å². The maximum Gasteiger partial charge on any atom is 0.229 e. The van der Waals surface area contributed by atoms with Gasteiger partial charge in [-0.05, 0) is 41.3 Å². The van der Waals surface area contributed by atoms with Gasteiger partial charge in [-0.3, -0.25) is 4.79 Å². The summed E-state index contributed by atoms with van der Waals surface area (Å²) in [7, 11) is 2.07. The number of thiophene rings is 1. The van der Waals surface area contributed by atoms with E-state index in [1.54, 1.807) is 11.3 Å². The molecule has 0 aliphatic heterocycles. The SMILES string of the molecule is CN(Cc1ccccc1)c1ccc(NC(=O)Cc2cccs2)cc1. The lowest BCUT2D eigenvalue weighted by molar-refractivity contribution is -0.115. The minimum absolute atomic E-state index is 0.0165. The molecule has 0 saturated carbocycles. The minimum atomic E-state index is 0.0165. The van der Waals surface area contributed by atoms with Crippen molar-refractivity contribution in [2.45, 2.75) is 13.0 Å². The van der Waals surface area contributed by atoms with Crippen LogP contribution in [-0.4, -0.2) is 13.0 Å². The van der Waals surface area contributed by atoms with Crippen LogP contribution in [0.5, 0.6) is 0 Å². The molecule has 0 unspecified atom stereocenters. The number of rotatable bonds is 6. The number of hydrogen-bond donors (Lipinski definition) is 1. The first-order valence-corrected chi connectivity index (χ1v) is 8.76. The summed E-state index contributed by atoms with van der Waals surface area (Å²) >= 11 is 1.60. The molecule has 0 aliphatic rings. The van der Waals surface area contributed by atoms with Crippen LogP contribution in [0.15, 0.2) is 72.1 Å². The lowest BCUT2D eigenvalue weighted by Crippen LogP contribution is -2.17. The van der Waals surface area contributed by atoms with E-state index in [9.17, 15) is 4.79 Å². The van der Waals surface area contributed by atoms with Gasteiger partial charge in [0.25, 0.3) is 0 Å². The molecule has 1 N–H and O–H groups in total. The number of hydrogen-bond acceptors (Lipinski definition) is 3. The van der Waals surface area contributed by atoms with Gasteiger partial charge in [0.15, 0.2) is 0 Å². The van der Waals surface area contributed by atoms with E-state index < -0.39 is 0 Å². The van der Waals surface area contributed by atoms with Crippen LogP contribution in [0.1, 0.15) is 10.4 Å². The molecule has 0 bridgehead atoms. The molecule has 2 aromatic carbocycles. The van der Waals surface area contributed by atoms with Gasteiger partial charge in [-0.25, -0.2) is 0 Å². The lowest BCUT2D eigenvalue weighted by Gasteiger charge is -2.19. The van der Waals surface area contributed by atoms with Crippen molar-refractivity contribution in [3.05, 3.63) is 82.6 Å². The van der Waals surface area contributed by atoms with Gasteiger partial charge in [-0.2, -0.15) is 0 Å². The van der Waals surface area contributed by atoms with Crippen molar-refractivity contribution in [2.75, 3.05) is 17.3 Å². The molecular weight excluding hydrogens is 316 g/mol. The lowest BCUT2D eigenvalue weighted by atomic mass is 10.2. The van der Waals surface area contributed by atoms with Crippen LogP contribution in [0.3, 0.4) is 0 Å². The highest BCUT2D eigenvalue weighted by atomic mass is 32.1. The molecule has 3 rings (SSSR count). The molecule has 0 aliphatic carbocycles. The summed E-state index contributed by atoms with van der Waals surface area (Å²) < 4.78 is 0. The van der Waals surface area contributed by atoms with Gasteiger partial charge in [-0.1, -0.05) is 36.4 Å². The molecular formula is C20H20N2OS. The highest BCUT2D eigenvalue weighted by molar-refractivity contribution is 7.10. The number of carbonyl (C=O) groups is 1. The van der Waals surface area contributed by atoms with Crippen molar-refractivity contribution in [3.63, 3.8) is 0 Å². The zero-order chi connectivity index (χ0) is 16.8. The fraction of sp³-hybridized carbons (Fsp3) is 0.150. The van der Waals surface area contributed by atoms with Crippen molar-refractivity contribution in [2.24, 2.45) is 0 Å². The molecule has 1 amide bonds. The Morgan fingerprint density at radius 3 is 2.42 bits per heavy atom. The molecule has 0 fully saturated rings. The molecule has 0 saturated heterocycles. The largest absolute Gasteiger partial charge is 0.370 e. The van der Waals surface area contributed by atoms with Crippen LogP contribution in [0.2, 0.25) is 0 Å². The molecule has 3 nitrogen and oxygen atoms in total. The van der Waals surface area contributed by atoms with Gasteiger partial charge in [0.1, 0.15) is 0 Å². The average Bonchev–Trinajstić information content (AvgIpc) is 3.09. The number of benzene rings is 2. The highest BCUT2D eigenvalue weighted by Gasteiger charge is 2.06. The zero-order valence-corrected chi connectivity index (χ0v) is 14.4. The Bertz CT molecular complexity index is 767. The van der Waals surface area contributed by atoms with Gasteiger partial charge >= 0.3 is 0 Å². The Morgan fingerprint density at radius 2 is 1.75 bits per heavy atom. The van der Waals surface area contributed by atoms with Crippen molar-refractivity contribution >= 4 is 28.6 Å². The van der Waals surface area contributed by atoms with Crippen molar-refractivity contribution in [1.82, 2.24) is 0 Å². The first-order chi connectivity index (χ1) is 11.7. The second kappa shape index (κ2) is 7.79. The normalized spacial score (nSPS) is 10.4. The van der Waals surface area contributed by atoms with Crippen LogP contribution in [0, 0.1) is 0 Å². The number of nitrogens with zero attached hydrogens (tertiary/aromatic N) is 1. The van der Waals surface area contributed by atoms with Crippen molar-refractivity contribution < 1.29 is 4.79 Å². The third-order valence-electron chi connectivity index (χ3n) is 3.77. The van der Waals surface area contributed by atoms with Crippen LogP contribution >= 0.6 is 11.3 Å². The Labute approximate surface area is 146 Å². The maximum absolute atomic E-state index is 12.0. The molecule has 3 aromatic rings. The predicted molar refractivity (Wildman–Crippen MR) is 102 cm³/mol. The van der Waals surface area contributed by atoms with E-state index in [-0.39, 0.29) is 5.91 Å². The summed E-state index contributed by atoms with van der Waals surface area (Å²) in [5, 5.41) is 4.93. The highest BCUT2D eigenvalue weighted by Crippen LogP contribution is 2.19. The number of amides is 1. The fourth-order valence-corrected chi connectivity index (χ4v) is 3.23. The molecule has 122 valence electrons. The van der Waals surface area contributed by atoms with E-state index in [1.165, 1.54) is 5.56 Å². The Kier molecular flexibility index (Phi) is 5.29. The van der Waals surface area contributed by atoms with Gasteiger partial charge in [0.05, 0.1) is 6.42 Å². The molecule has 0 radical (unpaired) electrons. The third kappa shape index (κ3) is 4.46.